The quantitative estimate of drug-likeness (QED) is 0.787. The van der Waals surface area contributed by atoms with Gasteiger partial charge in [0.2, 0.25) is 5.91 Å². The summed E-state index contributed by atoms with van der Waals surface area (Å²) in [6.45, 7) is 2.93. The van der Waals surface area contributed by atoms with Crippen LogP contribution in [0.5, 0.6) is 0 Å². The van der Waals surface area contributed by atoms with Crippen molar-refractivity contribution < 1.29 is 4.79 Å². The molecule has 1 saturated heterocycles. The summed E-state index contributed by atoms with van der Waals surface area (Å²) < 4.78 is 0. The van der Waals surface area contributed by atoms with Crippen molar-refractivity contribution in [2.24, 2.45) is 23.5 Å². The lowest BCUT2D eigenvalue weighted by Gasteiger charge is -2.26. The molecule has 25 heavy (non-hydrogen) atoms. The summed E-state index contributed by atoms with van der Waals surface area (Å²) in [5.74, 6) is 1.32. The zero-order valence-electron chi connectivity index (χ0n) is 14.4. The van der Waals surface area contributed by atoms with E-state index in [-0.39, 0.29) is 42.7 Å². The van der Waals surface area contributed by atoms with E-state index < -0.39 is 0 Å². The molecule has 4 rings (SSSR count). The Hall–Kier alpha value is -0.560. The Balaban J connectivity index is 0.00000113. The summed E-state index contributed by atoms with van der Waals surface area (Å²) in [5.41, 5.74) is 7.34. The number of nitrogens with zero attached hydrogens (tertiary/aromatic N) is 2. The molecule has 4 atom stereocenters. The molecule has 5 nitrogen and oxygen atoms in total. The first kappa shape index (κ1) is 20.7. The average Bonchev–Trinajstić information content (AvgIpc) is 3.31. The van der Waals surface area contributed by atoms with Gasteiger partial charge in [0.15, 0.2) is 5.13 Å². The standard InChI is InChI=1S/C17H26N4OS.2ClH/c18-15-12-4-3-11(9-12)14(15)16(22)19-6-5-13-10-23-17(20-13)21-7-1-2-8-21;;/h10-12,14-15H,1-9,18H2,(H,19,22);2*1H. The fourth-order valence-electron chi connectivity index (χ4n) is 4.62. The summed E-state index contributed by atoms with van der Waals surface area (Å²) in [5, 5.41) is 6.37. The van der Waals surface area contributed by atoms with E-state index in [0.717, 1.165) is 36.8 Å². The van der Waals surface area contributed by atoms with Gasteiger partial charge in [-0.2, -0.15) is 0 Å². The van der Waals surface area contributed by atoms with Gasteiger partial charge in [-0.25, -0.2) is 4.98 Å². The normalized spacial score (nSPS) is 30.0. The van der Waals surface area contributed by atoms with Gasteiger partial charge in [0.05, 0.1) is 11.6 Å². The smallest absolute Gasteiger partial charge is 0.224 e. The van der Waals surface area contributed by atoms with Crippen LogP contribution in [0.15, 0.2) is 5.38 Å². The number of rotatable bonds is 5. The molecule has 3 aliphatic rings. The molecule has 0 spiro atoms. The van der Waals surface area contributed by atoms with Crippen LogP contribution >= 0.6 is 36.2 Å². The fraction of sp³-hybridized carbons (Fsp3) is 0.765. The number of carbonyl (C=O) groups is 1. The van der Waals surface area contributed by atoms with Crippen LogP contribution in [-0.4, -0.2) is 36.6 Å². The van der Waals surface area contributed by atoms with E-state index in [2.05, 4.69) is 15.6 Å². The molecule has 2 aliphatic carbocycles. The van der Waals surface area contributed by atoms with E-state index in [1.165, 1.54) is 25.7 Å². The summed E-state index contributed by atoms with van der Waals surface area (Å²) >= 11 is 1.72. The molecule has 4 unspecified atom stereocenters. The predicted octanol–water partition coefficient (Wildman–Crippen LogP) is 2.62. The van der Waals surface area contributed by atoms with Gasteiger partial charge >= 0.3 is 0 Å². The monoisotopic (exact) mass is 406 g/mol. The van der Waals surface area contributed by atoms with Crippen LogP contribution in [0.3, 0.4) is 0 Å². The first-order valence-electron chi connectivity index (χ1n) is 8.95. The number of aromatic nitrogens is 1. The molecule has 1 aromatic heterocycles. The fourth-order valence-corrected chi connectivity index (χ4v) is 5.53. The highest BCUT2D eigenvalue weighted by Gasteiger charge is 2.48. The predicted molar refractivity (Wildman–Crippen MR) is 107 cm³/mol. The van der Waals surface area contributed by atoms with Gasteiger partial charge in [0.25, 0.3) is 0 Å². The number of halogens is 2. The van der Waals surface area contributed by atoms with E-state index in [9.17, 15) is 4.79 Å². The minimum atomic E-state index is 0. The molecule has 8 heteroatoms. The SMILES string of the molecule is Cl.Cl.NC1C2CCC(C2)C1C(=O)NCCc1csc(N2CCCC2)n1. The van der Waals surface area contributed by atoms with Crippen molar-refractivity contribution in [3.8, 4) is 0 Å². The average molecular weight is 407 g/mol. The largest absolute Gasteiger partial charge is 0.355 e. The number of amides is 1. The van der Waals surface area contributed by atoms with Crippen molar-refractivity contribution in [3.05, 3.63) is 11.1 Å². The van der Waals surface area contributed by atoms with Crippen molar-refractivity contribution >= 4 is 47.2 Å². The van der Waals surface area contributed by atoms with Gasteiger partial charge in [0, 0.05) is 37.5 Å². The number of hydrogen-bond donors (Lipinski definition) is 2. The lowest BCUT2D eigenvalue weighted by molar-refractivity contribution is -0.127. The maximum atomic E-state index is 12.4. The number of hydrogen-bond acceptors (Lipinski definition) is 5. The highest BCUT2D eigenvalue weighted by Crippen LogP contribution is 2.47. The molecular formula is C17H28Cl2N4OS. The van der Waals surface area contributed by atoms with Crippen molar-refractivity contribution in [3.63, 3.8) is 0 Å². The van der Waals surface area contributed by atoms with Crippen LogP contribution < -0.4 is 16.0 Å². The molecule has 142 valence electrons. The van der Waals surface area contributed by atoms with E-state index >= 15 is 0 Å². The van der Waals surface area contributed by atoms with Crippen LogP contribution in [0.2, 0.25) is 0 Å². The summed E-state index contributed by atoms with van der Waals surface area (Å²) in [7, 11) is 0. The molecule has 1 amide bonds. The second-order valence-electron chi connectivity index (χ2n) is 7.29. The van der Waals surface area contributed by atoms with E-state index in [1.54, 1.807) is 11.3 Å². The zero-order valence-corrected chi connectivity index (χ0v) is 16.8. The van der Waals surface area contributed by atoms with Crippen molar-refractivity contribution in [2.75, 3.05) is 24.5 Å². The third-order valence-corrected chi connectivity index (χ3v) is 6.83. The highest BCUT2D eigenvalue weighted by molar-refractivity contribution is 7.13. The number of thiazole rings is 1. The minimum absolute atomic E-state index is 0. The molecule has 3 fully saturated rings. The van der Waals surface area contributed by atoms with Gasteiger partial charge in [0.1, 0.15) is 0 Å². The Labute approximate surface area is 166 Å². The first-order chi connectivity index (χ1) is 11.2. The highest BCUT2D eigenvalue weighted by atomic mass is 35.5. The topological polar surface area (TPSA) is 71.2 Å². The minimum Gasteiger partial charge on any atom is -0.355 e. The van der Waals surface area contributed by atoms with E-state index in [1.807, 2.05) is 0 Å². The molecule has 1 aromatic rings. The van der Waals surface area contributed by atoms with Gasteiger partial charge in [-0.1, -0.05) is 0 Å². The number of fused-ring (bicyclic) bond motifs is 2. The van der Waals surface area contributed by atoms with Crippen LogP contribution in [0.4, 0.5) is 5.13 Å². The summed E-state index contributed by atoms with van der Waals surface area (Å²) in [4.78, 5) is 19.5. The van der Waals surface area contributed by atoms with Crippen molar-refractivity contribution in [1.82, 2.24) is 10.3 Å². The molecule has 1 aliphatic heterocycles. The zero-order chi connectivity index (χ0) is 15.8. The van der Waals surface area contributed by atoms with Gasteiger partial charge in [-0.05, 0) is 43.9 Å². The third kappa shape index (κ3) is 4.24. The number of anilines is 1. The molecule has 0 aromatic carbocycles. The lowest BCUT2D eigenvalue weighted by Crippen LogP contribution is -2.45. The van der Waals surface area contributed by atoms with Gasteiger partial charge in [-0.15, -0.1) is 36.2 Å². The molecule has 0 radical (unpaired) electrons. The Kier molecular flexibility index (Phi) is 7.38. The van der Waals surface area contributed by atoms with Crippen LogP contribution in [0.25, 0.3) is 0 Å². The van der Waals surface area contributed by atoms with Crippen molar-refractivity contribution in [1.29, 1.82) is 0 Å². The van der Waals surface area contributed by atoms with Crippen molar-refractivity contribution in [2.45, 2.75) is 44.6 Å². The third-order valence-electron chi connectivity index (χ3n) is 5.88. The Morgan fingerprint density at radius 1 is 1.28 bits per heavy atom. The summed E-state index contributed by atoms with van der Waals surface area (Å²) in [6.07, 6.45) is 6.91. The number of nitrogens with two attached hydrogens (primary N) is 1. The van der Waals surface area contributed by atoms with Gasteiger partial charge in [-0.3, -0.25) is 4.79 Å². The summed E-state index contributed by atoms with van der Waals surface area (Å²) in [6, 6.07) is 0.0785. The number of nitrogens with one attached hydrogen (secondary N) is 1. The maximum Gasteiger partial charge on any atom is 0.224 e. The lowest BCUT2D eigenvalue weighted by atomic mass is 9.84. The second-order valence-corrected chi connectivity index (χ2v) is 8.13. The van der Waals surface area contributed by atoms with Gasteiger partial charge < -0.3 is 16.0 Å². The maximum absolute atomic E-state index is 12.4. The van der Waals surface area contributed by atoms with E-state index in [4.69, 9.17) is 10.7 Å². The van der Waals surface area contributed by atoms with E-state index in [0.29, 0.717) is 18.4 Å². The second kappa shape index (κ2) is 8.89. The van der Waals surface area contributed by atoms with Crippen LogP contribution in [0.1, 0.15) is 37.8 Å². The molecule has 3 N–H and O–H groups in total. The Morgan fingerprint density at radius 2 is 2.00 bits per heavy atom. The molecule has 2 bridgehead atoms. The first-order valence-corrected chi connectivity index (χ1v) is 9.83. The number of carbonyl (C=O) groups excluding carboxylic acids is 1. The molecular weight excluding hydrogens is 379 g/mol. The molecule has 2 saturated carbocycles. The van der Waals surface area contributed by atoms with Crippen LogP contribution in [-0.2, 0) is 11.2 Å². The molecule has 2 heterocycles. The Morgan fingerprint density at radius 3 is 2.68 bits per heavy atom. The van der Waals surface area contributed by atoms with Crippen LogP contribution in [0, 0.1) is 17.8 Å². The Bertz CT molecular complexity index is 577.